The number of aryl methyl sites for hydroxylation is 1. The Morgan fingerprint density at radius 2 is 1.95 bits per heavy atom. The van der Waals surface area contributed by atoms with Crippen LogP contribution in [0.4, 0.5) is 5.69 Å². The van der Waals surface area contributed by atoms with Crippen molar-refractivity contribution < 1.29 is 8.42 Å². The topological polar surface area (TPSA) is 70.0 Å². The summed E-state index contributed by atoms with van der Waals surface area (Å²) in [5.41, 5.74) is 2.04. The minimum absolute atomic E-state index is 0.277. The summed E-state index contributed by atoms with van der Waals surface area (Å²) in [6, 6.07) is 13.7. The Kier molecular flexibility index (Phi) is 4.51. The van der Waals surface area contributed by atoms with Crippen molar-refractivity contribution in [3.05, 3.63) is 64.2 Å². The van der Waals surface area contributed by atoms with Crippen molar-refractivity contribution in [2.24, 2.45) is 0 Å². The second kappa shape index (κ2) is 6.17. The van der Waals surface area contributed by atoms with E-state index in [1.54, 1.807) is 42.5 Å². The molecule has 0 aliphatic carbocycles. The van der Waals surface area contributed by atoms with Gasteiger partial charge < -0.3 is 0 Å². The Labute approximate surface area is 129 Å². The molecular formula is C15H13ClN2O2S. The lowest BCUT2D eigenvalue weighted by atomic mass is 10.1. The van der Waals surface area contributed by atoms with Crippen LogP contribution in [0.1, 0.15) is 16.7 Å². The number of hydrogen-bond acceptors (Lipinski definition) is 3. The van der Waals surface area contributed by atoms with Crippen LogP contribution in [0.25, 0.3) is 0 Å². The number of rotatable bonds is 4. The van der Waals surface area contributed by atoms with E-state index in [2.05, 4.69) is 4.72 Å². The van der Waals surface area contributed by atoms with Gasteiger partial charge in [-0.2, -0.15) is 5.26 Å². The van der Waals surface area contributed by atoms with Crippen LogP contribution in [-0.2, 0) is 15.8 Å². The SMILES string of the molecule is Cc1ccc(Cl)c(NS(=O)(=O)Cc2ccccc2C#N)c1. The van der Waals surface area contributed by atoms with Gasteiger partial charge >= 0.3 is 0 Å². The van der Waals surface area contributed by atoms with Gasteiger partial charge in [-0.05, 0) is 36.2 Å². The number of anilines is 1. The minimum atomic E-state index is -3.65. The second-order valence-corrected chi connectivity index (χ2v) is 6.74. The quantitative estimate of drug-likeness (QED) is 0.937. The molecule has 0 amide bonds. The molecule has 4 nitrogen and oxygen atoms in total. The average molecular weight is 321 g/mol. The molecule has 2 aromatic carbocycles. The van der Waals surface area contributed by atoms with Crippen LogP contribution in [0, 0.1) is 18.3 Å². The van der Waals surface area contributed by atoms with Crippen LogP contribution >= 0.6 is 11.6 Å². The van der Waals surface area contributed by atoms with Gasteiger partial charge in [0.15, 0.2) is 0 Å². The van der Waals surface area contributed by atoms with E-state index in [0.717, 1.165) is 5.56 Å². The predicted octanol–water partition coefficient (Wildman–Crippen LogP) is 3.46. The molecule has 0 bridgehead atoms. The number of nitriles is 1. The van der Waals surface area contributed by atoms with E-state index in [-0.39, 0.29) is 5.75 Å². The van der Waals surface area contributed by atoms with E-state index in [4.69, 9.17) is 16.9 Å². The normalized spacial score (nSPS) is 10.9. The van der Waals surface area contributed by atoms with Gasteiger partial charge in [0.1, 0.15) is 0 Å². The fourth-order valence-electron chi connectivity index (χ4n) is 1.88. The molecule has 6 heteroatoms. The number of halogens is 1. The average Bonchev–Trinajstić information content (AvgIpc) is 2.43. The van der Waals surface area contributed by atoms with Gasteiger partial charge in [0.05, 0.1) is 28.1 Å². The van der Waals surface area contributed by atoms with E-state index < -0.39 is 10.0 Å². The maximum absolute atomic E-state index is 12.2. The van der Waals surface area contributed by atoms with Crippen LogP contribution in [-0.4, -0.2) is 8.42 Å². The van der Waals surface area contributed by atoms with Crippen molar-refractivity contribution in [2.75, 3.05) is 4.72 Å². The number of benzene rings is 2. The molecule has 0 radical (unpaired) electrons. The molecule has 2 aromatic rings. The predicted molar refractivity (Wildman–Crippen MR) is 83.6 cm³/mol. The Balaban J connectivity index is 2.27. The lowest BCUT2D eigenvalue weighted by molar-refractivity contribution is 0.600. The van der Waals surface area contributed by atoms with Crippen molar-refractivity contribution in [1.82, 2.24) is 0 Å². The van der Waals surface area contributed by atoms with Crippen LogP contribution in [0.2, 0.25) is 5.02 Å². The zero-order chi connectivity index (χ0) is 15.5. The summed E-state index contributed by atoms with van der Waals surface area (Å²) in [5.74, 6) is -0.277. The summed E-state index contributed by atoms with van der Waals surface area (Å²) in [7, 11) is -3.65. The molecule has 2 rings (SSSR count). The zero-order valence-electron chi connectivity index (χ0n) is 11.3. The van der Waals surface area contributed by atoms with Crippen molar-refractivity contribution in [3.63, 3.8) is 0 Å². The molecule has 0 saturated heterocycles. The van der Waals surface area contributed by atoms with Gasteiger partial charge in [-0.25, -0.2) is 8.42 Å². The minimum Gasteiger partial charge on any atom is -0.282 e. The largest absolute Gasteiger partial charge is 0.282 e. The van der Waals surface area contributed by atoms with Gasteiger partial charge in [0.25, 0.3) is 0 Å². The molecule has 0 atom stereocenters. The van der Waals surface area contributed by atoms with Gasteiger partial charge in [0.2, 0.25) is 10.0 Å². The monoisotopic (exact) mass is 320 g/mol. The van der Waals surface area contributed by atoms with Crippen LogP contribution in [0.15, 0.2) is 42.5 Å². The van der Waals surface area contributed by atoms with E-state index in [1.807, 2.05) is 13.0 Å². The first-order chi connectivity index (χ1) is 9.91. The third-order valence-electron chi connectivity index (χ3n) is 2.87. The highest BCUT2D eigenvalue weighted by Gasteiger charge is 2.15. The first-order valence-electron chi connectivity index (χ1n) is 6.16. The number of nitrogens with one attached hydrogen (secondary N) is 1. The molecular weight excluding hydrogens is 308 g/mol. The molecule has 0 spiro atoms. The summed E-state index contributed by atoms with van der Waals surface area (Å²) < 4.78 is 26.9. The smallest absolute Gasteiger partial charge is 0.237 e. The molecule has 0 aliphatic heterocycles. The summed E-state index contributed by atoms with van der Waals surface area (Å²) >= 11 is 5.98. The summed E-state index contributed by atoms with van der Waals surface area (Å²) in [6.07, 6.45) is 0. The Bertz CT molecular complexity index is 811. The second-order valence-electron chi connectivity index (χ2n) is 4.61. The molecule has 0 aromatic heterocycles. The molecule has 0 aliphatic rings. The van der Waals surface area contributed by atoms with Crippen LogP contribution in [0.3, 0.4) is 0 Å². The van der Waals surface area contributed by atoms with E-state index in [0.29, 0.717) is 21.8 Å². The van der Waals surface area contributed by atoms with Gasteiger partial charge in [0, 0.05) is 0 Å². The van der Waals surface area contributed by atoms with E-state index >= 15 is 0 Å². The van der Waals surface area contributed by atoms with Crippen molar-refractivity contribution in [1.29, 1.82) is 5.26 Å². The van der Waals surface area contributed by atoms with E-state index in [9.17, 15) is 8.42 Å². The Morgan fingerprint density at radius 1 is 1.24 bits per heavy atom. The highest BCUT2D eigenvalue weighted by atomic mass is 35.5. The van der Waals surface area contributed by atoms with Crippen LogP contribution < -0.4 is 4.72 Å². The van der Waals surface area contributed by atoms with E-state index in [1.165, 1.54) is 0 Å². The molecule has 0 saturated carbocycles. The molecule has 1 N–H and O–H groups in total. The number of sulfonamides is 1. The molecule has 21 heavy (non-hydrogen) atoms. The highest BCUT2D eigenvalue weighted by Crippen LogP contribution is 2.24. The molecule has 0 unspecified atom stereocenters. The maximum atomic E-state index is 12.2. The fourth-order valence-corrected chi connectivity index (χ4v) is 3.34. The first-order valence-corrected chi connectivity index (χ1v) is 8.19. The highest BCUT2D eigenvalue weighted by molar-refractivity contribution is 7.91. The Hall–Kier alpha value is -2.03. The Morgan fingerprint density at radius 3 is 2.67 bits per heavy atom. The van der Waals surface area contributed by atoms with Crippen molar-refractivity contribution in [3.8, 4) is 6.07 Å². The summed E-state index contributed by atoms with van der Waals surface area (Å²) in [4.78, 5) is 0. The molecule has 108 valence electrons. The standard InChI is InChI=1S/C15H13ClN2O2S/c1-11-6-7-14(16)15(8-11)18-21(19,20)10-13-5-3-2-4-12(13)9-17/h2-8,18H,10H2,1H3. The first kappa shape index (κ1) is 15.4. The third-order valence-corrected chi connectivity index (χ3v) is 4.42. The molecule has 0 fully saturated rings. The summed E-state index contributed by atoms with van der Waals surface area (Å²) in [5, 5.41) is 9.33. The van der Waals surface area contributed by atoms with Gasteiger partial charge in [-0.1, -0.05) is 35.9 Å². The van der Waals surface area contributed by atoms with Crippen molar-refractivity contribution >= 4 is 27.3 Å². The van der Waals surface area contributed by atoms with Gasteiger partial charge in [-0.3, -0.25) is 4.72 Å². The molecule has 0 heterocycles. The van der Waals surface area contributed by atoms with Crippen LogP contribution in [0.5, 0.6) is 0 Å². The maximum Gasteiger partial charge on any atom is 0.237 e. The van der Waals surface area contributed by atoms with Crippen molar-refractivity contribution in [2.45, 2.75) is 12.7 Å². The number of nitrogens with zero attached hydrogens (tertiary/aromatic N) is 1. The zero-order valence-corrected chi connectivity index (χ0v) is 12.9. The lowest BCUT2D eigenvalue weighted by Gasteiger charge is -2.11. The van der Waals surface area contributed by atoms with Gasteiger partial charge in [-0.15, -0.1) is 0 Å². The summed E-state index contributed by atoms with van der Waals surface area (Å²) in [6.45, 7) is 1.85. The fraction of sp³-hybridized carbons (Fsp3) is 0.133. The lowest BCUT2D eigenvalue weighted by Crippen LogP contribution is -2.16. The number of hydrogen-bond donors (Lipinski definition) is 1. The third kappa shape index (κ3) is 3.97.